The monoisotopic (exact) mass is 585 g/mol. The summed E-state index contributed by atoms with van der Waals surface area (Å²) in [5.74, 6) is 0.710. The second kappa shape index (κ2) is 11.6. The molecule has 3 heteroatoms. The molecule has 0 saturated heterocycles. The van der Waals surface area contributed by atoms with E-state index in [0.29, 0.717) is 11.5 Å². The van der Waals surface area contributed by atoms with Gasteiger partial charge < -0.3 is 0 Å². The predicted octanol–water partition coefficient (Wildman–Crippen LogP) is 11.7. The SMILES string of the molecule is [C-]#[N+]c1ccc(-c2ccc(-c3ccc(-c4nc(-c5ccc(-c6ccccc6)cc5)c5ccccc5n4)c4ccccc34)cc2)cc1. The van der Waals surface area contributed by atoms with E-state index in [-0.39, 0.29) is 0 Å². The third kappa shape index (κ3) is 4.99. The Hall–Kier alpha value is -6.37. The quantitative estimate of drug-likeness (QED) is 0.188. The Bertz CT molecular complexity index is 2390. The lowest BCUT2D eigenvalue weighted by Gasteiger charge is -2.14. The Morgan fingerprint density at radius 2 is 0.848 bits per heavy atom. The predicted molar refractivity (Wildman–Crippen MR) is 190 cm³/mol. The molecule has 0 aliphatic heterocycles. The van der Waals surface area contributed by atoms with Gasteiger partial charge in [0.05, 0.1) is 17.8 Å². The fraction of sp³-hybridized carbons (Fsp3) is 0. The minimum absolute atomic E-state index is 0.649. The van der Waals surface area contributed by atoms with Crippen molar-refractivity contribution < 1.29 is 0 Å². The van der Waals surface area contributed by atoms with Crippen molar-refractivity contribution in [1.82, 2.24) is 9.97 Å². The highest BCUT2D eigenvalue weighted by Gasteiger charge is 2.15. The number of fused-ring (bicyclic) bond motifs is 2. The van der Waals surface area contributed by atoms with Crippen LogP contribution in [0.5, 0.6) is 0 Å². The summed E-state index contributed by atoms with van der Waals surface area (Å²) >= 11 is 0. The second-order valence-corrected chi connectivity index (χ2v) is 11.3. The van der Waals surface area contributed by atoms with E-state index < -0.39 is 0 Å². The Morgan fingerprint density at radius 1 is 0.370 bits per heavy atom. The smallest absolute Gasteiger partial charge is 0.187 e. The number of hydrogen-bond donors (Lipinski definition) is 0. The number of aromatic nitrogens is 2. The molecule has 0 spiro atoms. The summed E-state index contributed by atoms with van der Waals surface area (Å²) in [7, 11) is 0. The fourth-order valence-electron chi connectivity index (χ4n) is 6.18. The Kier molecular flexibility index (Phi) is 6.87. The number of rotatable bonds is 5. The van der Waals surface area contributed by atoms with Crippen molar-refractivity contribution in [2.45, 2.75) is 0 Å². The van der Waals surface area contributed by atoms with Crippen molar-refractivity contribution in [3.05, 3.63) is 175 Å². The lowest BCUT2D eigenvalue weighted by molar-refractivity contribution is 1.23. The van der Waals surface area contributed by atoms with Crippen LogP contribution in [-0.4, -0.2) is 9.97 Å². The van der Waals surface area contributed by atoms with Gasteiger partial charge in [0.2, 0.25) is 0 Å². The second-order valence-electron chi connectivity index (χ2n) is 11.3. The molecule has 7 aromatic carbocycles. The van der Waals surface area contributed by atoms with Crippen LogP contribution in [0.1, 0.15) is 0 Å². The van der Waals surface area contributed by atoms with Gasteiger partial charge in [0.25, 0.3) is 0 Å². The average molecular weight is 586 g/mol. The molecule has 0 aliphatic rings. The highest BCUT2D eigenvalue weighted by Crippen LogP contribution is 2.37. The fourth-order valence-corrected chi connectivity index (χ4v) is 6.18. The first-order valence-corrected chi connectivity index (χ1v) is 15.3. The van der Waals surface area contributed by atoms with Crippen LogP contribution >= 0.6 is 0 Å². The van der Waals surface area contributed by atoms with E-state index >= 15 is 0 Å². The summed E-state index contributed by atoms with van der Waals surface area (Å²) in [6.45, 7) is 7.21. The zero-order chi connectivity index (χ0) is 30.9. The zero-order valence-corrected chi connectivity index (χ0v) is 24.9. The van der Waals surface area contributed by atoms with Gasteiger partial charge in [0, 0.05) is 16.5 Å². The van der Waals surface area contributed by atoms with Gasteiger partial charge >= 0.3 is 0 Å². The van der Waals surface area contributed by atoms with Gasteiger partial charge in [-0.3, -0.25) is 0 Å². The molecule has 1 aromatic heterocycles. The molecular weight excluding hydrogens is 558 g/mol. The van der Waals surface area contributed by atoms with Gasteiger partial charge in [-0.1, -0.05) is 152 Å². The third-order valence-electron chi connectivity index (χ3n) is 8.56. The Morgan fingerprint density at radius 3 is 1.50 bits per heavy atom. The first kappa shape index (κ1) is 27.2. The average Bonchev–Trinajstić information content (AvgIpc) is 3.14. The van der Waals surface area contributed by atoms with Crippen LogP contribution in [0.4, 0.5) is 5.69 Å². The van der Waals surface area contributed by atoms with Crippen LogP contribution in [0.2, 0.25) is 0 Å². The van der Waals surface area contributed by atoms with Gasteiger partial charge in [0.15, 0.2) is 11.5 Å². The maximum atomic E-state index is 7.21. The van der Waals surface area contributed by atoms with Crippen molar-refractivity contribution in [1.29, 1.82) is 0 Å². The van der Waals surface area contributed by atoms with Crippen LogP contribution in [0.25, 0.3) is 82.5 Å². The van der Waals surface area contributed by atoms with Crippen LogP contribution in [0, 0.1) is 6.57 Å². The van der Waals surface area contributed by atoms with E-state index in [0.717, 1.165) is 60.8 Å². The molecule has 0 bridgehead atoms. The van der Waals surface area contributed by atoms with E-state index in [1.54, 1.807) is 0 Å². The molecule has 0 fully saturated rings. The maximum Gasteiger partial charge on any atom is 0.187 e. The number of para-hydroxylation sites is 1. The molecule has 1 heterocycles. The van der Waals surface area contributed by atoms with E-state index in [1.165, 1.54) is 11.1 Å². The van der Waals surface area contributed by atoms with Crippen LogP contribution in [-0.2, 0) is 0 Å². The normalized spacial score (nSPS) is 11.0. The standard InChI is InChI=1S/C43H27N3/c1-44-35-25-23-32(24-26-35)31-15-19-33(20-16-31)36-27-28-39(38-12-6-5-11-37(36)38)43-45-41-14-8-7-13-40(41)42(46-43)34-21-17-30(18-22-34)29-9-3-2-4-10-29/h2-28H. The number of hydrogen-bond acceptors (Lipinski definition) is 2. The molecule has 0 radical (unpaired) electrons. The molecule has 0 N–H and O–H groups in total. The minimum atomic E-state index is 0.649. The lowest BCUT2D eigenvalue weighted by Crippen LogP contribution is -1.96. The summed E-state index contributed by atoms with van der Waals surface area (Å²) < 4.78 is 0. The first-order chi connectivity index (χ1) is 22.7. The molecule has 8 rings (SSSR count). The van der Waals surface area contributed by atoms with E-state index in [4.69, 9.17) is 16.5 Å². The summed E-state index contributed by atoms with van der Waals surface area (Å²) in [6, 6.07) is 56.5. The molecule has 0 saturated carbocycles. The van der Waals surface area contributed by atoms with Crippen LogP contribution in [0.3, 0.4) is 0 Å². The van der Waals surface area contributed by atoms with Gasteiger partial charge in [-0.15, -0.1) is 0 Å². The van der Waals surface area contributed by atoms with Crippen molar-refractivity contribution in [3.63, 3.8) is 0 Å². The molecule has 8 aromatic rings. The molecule has 3 nitrogen and oxygen atoms in total. The van der Waals surface area contributed by atoms with Crippen molar-refractivity contribution in [3.8, 4) is 56.0 Å². The summed E-state index contributed by atoms with van der Waals surface area (Å²) in [6.07, 6.45) is 0. The van der Waals surface area contributed by atoms with Crippen LogP contribution < -0.4 is 0 Å². The molecule has 214 valence electrons. The molecule has 46 heavy (non-hydrogen) atoms. The van der Waals surface area contributed by atoms with E-state index in [9.17, 15) is 0 Å². The highest BCUT2D eigenvalue weighted by atomic mass is 14.9. The Balaban J connectivity index is 1.21. The lowest BCUT2D eigenvalue weighted by atomic mass is 9.93. The molecule has 0 atom stereocenters. The molecular formula is C43H27N3. The van der Waals surface area contributed by atoms with E-state index in [2.05, 4.69) is 126 Å². The van der Waals surface area contributed by atoms with Gasteiger partial charge in [-0.2, -0.15) is 0 Å². The maximum absolute atomic E-state index is 7.21. The molecule has 0 unspecified atom stereocenters. The van der Waals surface area contributed by atoms with Crippen molar-refractivity contribution in [2.75, 3.05) is 0 Å². The number of nitrogens with zero attached hydrogens (tertiary/aromatic N) is 3. The largest absolute Gasteiger partial charge is 0.238 e. The van der Waals surface area contributed by atoms with Crippen LogP contribution in [0.15, 0.2) is 164 Å². The van der Waals surface area contributed by atoms with Crippen molar-refractivity contribution in [2.24, 2.45) is 0 Å². The molecule has 0 amide bonds. The van der Waals surface area contributed by atoms with Gasteiger partial charge in [-0.05, 0) is 56.3 Å². The molecule has 0 aliphatic carbocycles. The van der Waals surface area contributed by atoms with E-state index in [1.807, 2.05) is 42.5 Å². The summed E-state index contributed by atoms with van der Waals surface area (Å²) in [4.78, 5) is 13.8. The highest BCUT2D eigenvalue weighted by molar-refractivity contribution is 6.05. The van der Waals surface area contributed by atoms with Crippen molar-refractivity contribution >= 4 is 27.4 Å². The minimum Gasteiger partial charge on any atom is -0.238 e. The zero-order valence-electron chi connectivity index (χ0n) is 24.9. The summed E-state index contributed by atoms with van der Waals surface area (Å²) in [5.41, 5.74) is 11.4. The Labute approximate surface area is 267 Å². The topological polar surface area (TPSA) is 30.1 Å². The first-order valence-electron chi connectivity index (χ1n) is 15.3. The third-order valence-corrected chi connectivity index (χ3v) is 8.56. The van der Waals surface area contributed by atoms with Gasteiger partial charge in [-0.25, -0.2) is 14.8 Å². The number of benzene rings is 7. The van der Waals surface area contributed by atoms with Gasteiger partial charge in [0.1, 0.15) is 0 Å². The summed E-state index contributed by atoms with van der Waals surface area (Å²) in [5, 5.41) is 3.29.